The summed E-state index contributed by atoms with van der Waals surface area (Å²) in [6.45, 7) is -2.23. The minimum absolute atomic E-state index is 0.792. The Kier molecular flexibility index (Phi) is 14.0. The summed E-state index contributed by atoms with van der Waals surface area (Å²) in [5.41, 5.74) is 0. The van der Waals surface area contributed by atoms with E-state index in [2.05, 4.69) is 0 Å². The number of hydrogen-bond acceptors (Lipinski definition) is 20. The predicted molar refractivity (Wildman–Crippen MR) is 135 cm³/mol. The lowest BCUT2D eigenvalue weighted by atomic mass is 9.96. The largest absolute Gasteiger partial charge is 0.394 e. The summed E-state index contributed by atoms with van der Waals surface area (Å²) in [7, 11) is 0. The third-order valence-electron chi connectivity index (χ3n) is 7.81. The zero-order chi connectivity index (χ0) is 33.0. The molecule has 0 radical (unpaired) electrons. The number of hydrogen-bond donors (Lipinski definition) is 14. The van der Waals surface area contributed by atoms with Crippen LogP contribution in [0, 0.1) is 0 Å². The van der Waals surface area contributed by atoms with Gasteiger partial charge < -0.3 is 99.9 Å². The van der Waals surface area contributed by atoms with Gasteiger partial charge in [-0.1, -0.05) is 0 Å². The van der Waals surface area contributed by atoms with Gasteiger partial charge in [-0.25, -0.2) is 0 Å². The third kappa shape index (κ3) is 8.00. The molecule has 14 N–H and O–H groups in total. The average Bonchev–Trinajstić information content (AvgIpc) is 3.01. The molecule has 3 aliphatic rings. The molecule has 20 nitrogen and oxygen atoms in total. The first-order valence-corrected chi connectivity index (χ1v) is 13.9. The lowest BCUT2D eigenvalue weighted by molar-refractivity contribution is -0.381. The summed E-state index contributed by atoms with van der Waals surface area (Å²) in [6.07, 6.45) is -33.3. The summed E-state index contributed by atoms with van der Waals surface area (Å²) in [5.74, 6) is 0. The zero-order valence-corrected chi connectivity index (χ0v) is 23.5. The molecule has 19 atom stereocenters. The van der Waals surface area contributed by atoms with Crippen molar-refractivity contribution in [3.63, 3.8) is 0 Å². The van der Waals surface area contributed by atoms with Crippen molar-refractivity contribution in [1.82, 2.24) is 0 Å². The Bertz CT molecular complexity index is 855. The van der Waals surface area contributed by atoms with Gasteiger partial charge in [0.25, 0.3) is 0 Å². The van der Waals surface area contributed by atoms with Crippen LogP contribution in [0.25, 0.3) is 0 Å². The van der Waals surface area contributed by atoms with E-state index in [0.717, 1.165) is 0 Å². The van der Waals surface area contributed by atoms with Crippen LogP contribution in [-0.2, 0) is 28.4 Å². The van der Waals surface area contributed by atoms with E-state index in [1.165, 1.54) is 6.92 Å². The predicted octanol–water partition coefficient (Wildman–Crippen LogP) is -9.09. The van der Waals surface area contributed by atoms with Crippen LogP contribution in [0.2, 0.25) is 0 Å². The van der Waals surface area contributed by atoms with Crippen LogP contribution in [0.5, 0.6) is 0 Å². The van der Waals surface area contributed by atoms with E-state index >= 15 is 0 Å². The van der Waals surface area contributed by atoms with Gasteiger partial charge in [0.05, 0.1) is 32.5 Å². The Hall–Kier alpha value is -0.800. The van der Waals surface area contributed by atoms with Crippen LogP contribution in [0.4, 0.5) is 0 Å². The molecular formula is C24H44O20. The molecule has 260 valence electrons. The van der Waals surface area contributed by atoms with E-state index in [4.69, 9.17) is 33.5 Å². The molecule has 3 aliphatic heterocycles. The standard InChI is InChI=1S/C24H44O20/c1-6-19(15(35)17(37)22(39-6)43-20(8(30)3-26)11(31)7(29)2-25)42-24-18(38)21(13(33)10(5-28)41-24)44-23-16(36)14(34)12(32)9(4-27)40-23/h6-38H,2-5H2,1H3/t6-,7+,8-,9-,10+,11+,12-,13+,14+,15-,16+,17+,18+,19-,20+,21-,22-,23-,24-/m0/s1. The highest BCUT2D eigenvalue weighted by Crippen LogP contribution is 2.33. The van der Waals surface area contributed by atoms with E-state index in [1.807, 2.05) is 0 Å². The highest BCUT2D eigenvalue weighted by atomic mass is 16.8. The van der Waals surface area contributed by atoms with Gasteiger partial charge in [-0.05, 0) is 6.92 Å². The molecule has 3 rings (SSSR count). The topological polar surface area (TPSA) is 339 Å². The van der Waals surface area contributed by atoms with E-state index in [1.54, 1.807) is 0 Å². The molecule has 0 aliphatic carbocycles. The molecule has 0 aromatic heterocycles. The highest BCUT2D eigenvalue weighted by Gasteiger charge is 2.53. The molecule has 0 aromatic rings. The van der Waals surface area contributed by atoms with Gasteiger partial charge in [-0.3, -0.25) is 0 Å². The van der Waals surface area contributed by atoms with Gasteiger partial charge in [0.2, 0.25) is 0 Å². The minimum Gasteiger partial charge on any atom is -0.394 e. The quantitative estimate of drug-likeness (QED) is 0.0878. The Morgan fingerprint density at radius 3 is 1.59 bits per heavy atom. The molecule has 0 aromatic carbocycles. The molecule has 0 spiro atoms. The van der Waals surface area contributed by atoms with Gasteiger partial charge in [0.1, 0.15) is 91.6 Å². The van der Waals surface area contributed by atoms with Crippen molar-refractivity contribution >= 4 is 0 Å². The first-order chi connectivity index (χ1) is 20.7. The van der Waals surface area contributed by atoms with Gasteiger partial charge in [0.15, 0.2) is 18.9 Å². The second-order valence-electron chi connectivity index (χ2n) is 10.9. The number of aliphatic hydroxyl groups is 14. The fourth-order valence-corrected chi connectivity index (χ4v) is 5.11. The number of ether oxygens (including phenoxy) is 6. The summed E-state index contributed by atoms with van der Waals surface area (Å²) in [4.78, 5) is 0. The monoisotopic (exact) mass is 652 g/mol. The Morgan fingerprint density at radius 2 is 1.05 bits per heavy atom. The Balaban J connectivity index is 1.74. The van der Waals surface area contributed by atoms with Crippen molar-refractivity contribution in [2.75, 3.05) is 26.4 Å². The van der Waals surface area contributed by atoms with E-state index in [0.29, 0.717) is 0 Å². The first kappa shape index (κ1) is 37.7. The summed E-state index contributed by atoms with van der Waals surface area (Å²) in [6, 6.07) is 0. The summed E-state index contributed by atoms with van der Waals surface area (Å²) in [5, 5.41) is 141. The third-order valence-corrected chi connectivity index (χ3v) is 7.81. The average molecular weight is 653 g/mol. The summed E-state index contributed by atoms with van der Waals surface area (Å²) < 4.78 is 32.7. The molecule has 3 heterocycles. The lowest BCUT2D eigenvalue weighted by Gasteiger charge is -2.48. The van der Waals surface area contributed by atoms with Crippen molar-refractivity contribution in [2.24, 2.45) is 0 Å². The normalized spacial score (nSPS) is 46.3. The van der Waals surface area contributed by atoms with E-state index in [9.17, 15) is 66.4 Å². The van der Waals surface area contributed by atoms with Crippen molar-refractivity contribution in [3.8, 4) is 0 Å². The molecular weight excluding hydrogens is 608 g/mol. The Morgan fingerprint density at radius 1 is 0.545 bits per heavy atom. The van der Waals surface area contributed by atoms with Crippen LogP contribution < -0.4 is 0 Å². The second kappa shape index (κ2) is 16.3. The SMILES string of the molecule is C[C@@H]1O[C@@H](O[C@@H]([C@H](O)[C@H](O)CO)[C@@H](O)CO)[C@H](O)[C@H](O)[C@H]1O[C@@H]1O[C@H](CO)[C@@H](O)[C@H](O[C@@H]2O[C@@H](CO)[C@H](O)[C@@H](O)[C@H]2O)[C@H]1O. The zero-order valence-electron chi connectivity index (χ0n) is 23.5. The second-order valence-corrected chi connectivity index (χ2v) is 10.9. The van der Waals surface area contributed by atoms with Gasteiger partial charge >= 0.3 is 0 Å². The Labute approximate surface area is 250 Å². The van der Waals surface area contributed by atoms with Crippen LogP contribution in [0.1, 0.15) is 6.92 Å². The minimum atomic E-state index is -1.98. The van der Waals surface area contributed by atoms with Crippen LogP contribution >= 0.6 is 0 Å². The van der Waals surface area contributed by atoms with Crippen molar-refractivity contribution in [2.45, 2.75) is 123 Å². The molecule has 0 amide bonds. The first-order valence-electron chi connectivity index (χ1n) is 13.9. The molecule has 0 unspecified atom stereocenters. The lowest BCUT2D eigenvalue weighted by Crippen LogP contribution is -2.66. The maximum absolute atomic E-state index is 11.0. The van der Waals surface area contributed by atoms with E-state index < -0.39 is 143 Å². The summed E-state index contributed by atoms with van der Waals surface area (Å²) >= 11 is 0. The van der Waals surface area contributed by atoms with Crippen LogP contribution in [0.15, 0.2) is 0 Å². The van der Waals surface area contributed by atoms with Crippen molar-refractivity contribution in [1.29, 1.82) is 0 Å². The van der Waals surface area contributed by atoms with Gasteiger partial charge in [0, 0.05) is 0 Å². The van der Waals surface area contributed by atoms with Crippen molar-refractivity contribution < 1.29 is 99.9 Å². The molecule has 0 bridgehead atoms. The number of rotatable bonds is 13. The van der Waals surface area contributed by atoms with E-state index in [-0.39, 0.29) is 0 Å². The van der Waals surface area contributed by atoms with Gasteiger partial charge in [-0.15, -0.1) is 0 Å². The van der Waals surface area contributed by atoms with Crippen LogP contribution in [0.3, 0.4) is 0 Å². The molecule has 3 saturated heterocycles. The molecule has 44 heavy (non-hydrogen) atoms. The smallest absolute Gasteiger partial charge is 0.187 e. The molecule has 3 fully saturated rings. The number of aliphatic hydroxyl groups excluding tert-OH is 14. The highest BCUT2D eigenvalue weighted by molar-refractivity contribution is 4.96. The van der Waals surface area contributed by atoms with Gasteiger partial charge in [-0.2, -0.15) is 0 Å². The fraction of sp³-hybridized carbons (Fsp3) is 1.00. The van der Waals surface area contributed by atoms with Crippen LogP contribution in [-0.4, -0.2) is 214 Å². The molecule has 0 saturated carbocycles. The maximum Gasteiger partial charge on any atom is 0.187 e. The maximum atomic E-state index is 11.0. The fourth-order valence-electron chi connectivity index (χ4n) is 5.11. The van der Waals surface area contributed by atoms with Crippen molar-refractivity contribution in [3.05, 3.63) is 0 Å². The molecule has 20 heteroatoms.